The van der Waals surface area contributed by atoms with Crippen LogP contribution in [0.5, 0.6) is 0 Å². The zero-order chi connectivity index (χ0) is 18.6. The number of hydrogen-bond acceptors (Lipinski definition) is 4. The van der Waals surface area contributed by atoms with Crippen LogP contribution in [0.2, 0.25) is 10.0 Å². The van der Waals surface area contributed by atoms with Crippen molar-refractivity contribution < 1.29 is 14.3 Å². The molecule has 26 heavy (non-hydrogen) atoms. The van der Waals surface area contributed by atoms with Crippen LogP contribution in [-0.2, 0) is 16.0 Å². The smallest absolute Gasteiger partial charge is 0.409 e. The van der Waals surface area contributed by atoms with Crippen molar-refractivity contribution in [2.45, 2.75) is 12.5 Å². The molecule has 6 nitrogen and oxygen atoms in total. The van der Waals surface area contributed by atoms with Crippen LogP contribution in [0, 0.1) is 0 Å². The first-order valence-electron chi connectivity index (χ1n) is 8.02. The first-order valence-corrected chi connectivity index (χ1v) is 8.78. The van der Waals surface area contributed by atoms with Gasteiger partial charge in [0.1, 0.15) is 0 Å². The second-order valence-corrected chi connectivity index (χ2v) is 7.16. The van der Waals surface area contributed by atoms with E-state index in [2.05, 4.69) is 0 Å². The predicted molar refractivity (Wildman–Crippen MR) is 105 cm³/mol. The van der Waals surface area contributed by atoms with Crippen molar-refractivity contribution >= 4 is 47.6 Å². The first-order chi connectivity index (χ1) is 11.8. The molecule has 0 spiro atoms. The predicted octanol–water partition coefficient (Wildman–Crippen LogP) is 2.80. The summed E-state index contributed by atoms with van der Waals surface area (Å²) in [5.41, 5.74) is 0.818. The molecule has 0 saturated carbocycles. The molecular weight excluding hydrogens is 401 g/mol. The van der Waals surface area contributed by atoms with Gasteiger partial charge in [-0.1, -0.05) is 29.3 Å². The number of halogens is 3. The van der Waals surface area contributed by atoms with E-state index in [1.54, 1.807) is 23.1 Å². The fraction of sp³-hybridized carbons (Fsp3) is 0.529. The summed E-state index contributed by atoms with van der Waals surface area (Å²) < 4.78 is 4.80. The van der Waals surface area contributed by atoms with Crippen LogP contribution in [0.1, 0.15) is 5.56 Å². The summed E-state index contributed by atoms with van der Waals surface area (Å²) in [5.74, 6) is 0.00903. The van der Waals surface area contributed by atoms with Crippen molar-refractivity contribution in [2.24, 2.45) is 0 Å². The van der Waals surface area contributed by atoms with Crippen molar-refractivity contribution in [1.29, 1.82) is 0 Å². The summed E-state index contributed by atoms with van der Waals surface area (Å²) in [6.45, 7) is 2.07. The lowest BCUT2D eigenvalue weighted by Crippen LogP contribution is -2.59. The van der Waals surface area contributed by atoms with Gasteiger partial charge in [-0.05, 0) is 31.8 Å². The minimum absolute atomic E-state index is 0. The zero-order valence-corrected chi connectivity index (χ0v) is 17.4. The lowest BCUT2D eigenvalue weighted by Gasteiger charge is -2.42. The van der Waals surface area contributed by atoms with Gasteiger partial charge in [-0.15, -0.1) is 12.4 Å². The molecule has 1 heterocycles. The molecule has 2 amide bonds. The number of hydrogen-bond donors (Lipinski definition) is 0. The van der Waals surface area contributed by atoms with Crippen LogP contribution in [0.15, 0.2) is 18.2 Å². The Bertz CT molecular complexity index is 643. The molecule has 9 heteroatoms. The zero-order valence-electron chi connectivity index (χ0n) is 15.1. The van der Waals surface area contributed by atoms with Crippen LogP contribution in [-0.4, -0.2) is 80.1 Å². The van der Waals surface area contributed by atoms with E-state index in [9.17, 15) is 9.59 Å². The first kappa shape index (κ1) is 22.8. The number of benzene rings is 1. The van der Waals surface area contributed by atoms with Gasteiger partial charge >= 0.3 is 6.09 Å². The number of ether oxygens (including phenoxy) is 1. The highest BCUT2D eigenvalue weighted by atomic mass is 35.5. The summed E-state index contributed by atoms with van der Waals surface area (Å²) in [6.07, 6.45) is -0.112. The molecule has 146 valence electrons. The van der Waals surface area contributed by atoms with Gasteiger partial charge in [0.05, 0.1) is 29.6 Å². The molecule has 1 aliphatic heterocycles. The van der Waals surface area contributed by atoms with Gasteiger partial charge in [0, 0.05) is 26.2 Å². The van der Waals surface area contributed by atoms with Crippen LogP contribution in [0.25, 0.3) is 0 Å². The Kier molecular flexibility index (Phi) is 8.96. The third-order valence-corrected chi connectivity index (χ3v) is 4.89. The molecule has 1 fully saturated rings. The van der Waals surface area contributed by atoms with Gasteiger partial charge in [0.15, 0.2) is 0 Å². The molecule has 0 bridgehead atoms. The third-order valence-electron chi connectivity index (χ3n) is 4.15. The van der Waals surface area contributed by atoms with E-state index in [1.165, 1.54) is 7.11 Å². The number of piperazine rings is 1. The van der Waals surface area contributed by atoms with Crippen LogP contribution < -0.4 is 0 Å². The highest BCUT2D eigenvalue weighted by Gasteiger charge is 2.33. The molecule has 1 atom stereocenters. The van der Waals surface area contributed by atoms with Crippen LogP contribution in [0.4, 0.5) is 4.79 Å². The number of methoxy groups -OCH3 is 1. The molecule has 1 unspecified atom stereocenters. The Hall–Kier alpha value is -1.21. The largest absolute Gasteiger partial charge is 0.453 e. The Morgan fingerprint density at radius 2 is 1.92 bits per heavy atom. The number of likely N-dealkylation sites (N-methyl/N-ethyl adjacent to an activating group) is 1. The highest BCUT2D eigenvalue weighted by Crippen LogP contribution is 2.23. The fourth-order valence-corrected chi connectivity index (χ4v) is 3.30. The van der Waals surface area contributed by atoms with E-state index in [4.69, 9.17) is 27.9 Å². The second-order valence-electron chi connectivity index (χ2n) is 6.34. The van der Waals surface area contributed by atoms with Crippen LogP contribution in [0.3, 0.4) is 0 Å². The Morgan fingerprint density at radius 1 is 1.23 bits per heavy atom. The highest BCUT2D eigenvalue weighted by molar-refractivity contribution is 6.42. The standard InChI is InChI=1S/C17H23Cl2N3O3.ClH/c1-20(2)10-13-11-21(17(24)25-3)6-7-22(13)16(23)9-12-4-5-14(18)15(19)8-12;/h4-5,8,13H,6-7,9-11H2,1-3H3;1H. The van der Waals surface area contributed by atoms with E-state index < -0.39 is 0 Å². The normalized spacial score (nSPS) is 17.1. The van der Waals surface area contributed by atoms with E-state index in [-0.39, 0.29) is 36.9 Å². The molecule has 2 rings (SSSR count). The SMILES string of the molecule is COC(=O)N1CCN(C(=O)Cc2ccc(Cl)c(Cl)c2)C(CN(C)C)C1.Cl. The molecular formula is C17H24Cl3N3O3. The minimum atomic E-state index is -0.361. The number of carbonyl (C=O) groups excluding carboxylic acids is 2. The van der Waals surface area contributed by atoms with E-state index >= 15 is 0 Å². The van der Waals surface area contributed by atoms with Crippen molar-refractivity contribution in [2.75, 3.05) is 47.4 Å². The number of rotatable bonds is 4. The van der Waals surface area contributed by atoms with Gasteiger partial charge in [-0.25, -0.2) is 4.79 Å². The summed E-state index contributed by atoms with van der Waals surface area (Å²) >= 11 is 12.0. The monoisotopic (exact) mass is 423 g/mol. The van der Waals surface area contributed by atoms with Gasteiger partial charge in [-0.2, -0.15) is 0 Å². The van der Waals surface area contributed by atoms with Crippen molar-refractivity contribution in [3.8, 4) is 0 Å². The maximum absolute atomic E-state index is 12.8. The summed E-state index contributed by atoms with van der Waals surface area (Å²) in [5, 5.41) is 0.905. The summed E-state index contributed by atoms with van der Waals surface area (Å²) in [7, 11) is 5.25. The molecule has 1 saturated heterocycles. The number of carbonyl (C=O) groups is 2. The average molecular weight is 425 g/mol. The quantitative estimate of drug-likeness (QED) is 0.746. The molecule has 0 aliphatic carbocycles. The average Bonchev–Trinajstić information content (AvgIpc) is 2.56. The molecule has 1 aromatic carbocycles. The van der Waals surface area contributed by atoms with Crippen molar-refractivity contribution in [3.05, 3.63) is 33.8 Å². The van der Waals surface area contributed by atoms with Crippen molar-refractivity contribution in [3.63, 3.8) is 0 Å². The molecule has 1 aliphatic rings. The lowest BCUT2D eigenvalue weighted by atomic mass is 10.1. The Morgan fingerprint density at radius 3 is 2.50 bits per heavy atom. The Balaban J connectivity index is 0.00000338. The van der Waals surface area contributed by atoms with E-state index in [1.807, 2.05) is 23.9 Å². The molecule has 0 radical (unpaired) electrons. The maximum Gasteiger partial charge on any atom is 0.409 e. The van der Waals surface area contributed by atoms with Crippen molar-refractivity contribution in [1.82, 2.24) is 14.7 Å². The van der Waals surface area contributed by atoms with Crippen LogP contribution >= 0.6 is 35.6 Å². The number of nitrogens with zero attached hydrogens (tertiary/aromatic N) is 3. The minimum Gasteiger partial charge on any atom is -0.453 e. The van der Waals surface area contributed by atoms with Gasteiger partial charge in [-0.3, -0.25) is 4.79 Å². The van der Waals surface area contributed by atoms with Gasteiger partial charge < -0.3 is 19.4 Å². The molecule has 0 N–H and O–H groups in total. The maximum atomic E-state index is 12.8. The lowest BCUT2D eigenvalue weighted by molar-refractivity contribution is -0.135. The van der Waals surface area contributed by atoms with Gasteiger partial charge in [0.2, 0.25) is 5.91 Å². The summed E-state index contributed by atoms with van der Waals surface area (Å²) in [4.78, 5) is 30.1. The van der Waals surface area contributed by atoms with E-state index in [0.29, 0.717) is 36.2 Å². The molecule has 1 aromatic rings. The fourth-order valence-electron chi connectivity index (χ4n) is 2.98. The summed E-state index contributed by atoms with van der Waals surface area (Å²) in [6, 6.07) is 5.13. The molecule has 0 aromatic heterocycles. The van der Waals surface area contributed by atoms with Gasteiger partial charge in [0.25, 0.3) is 0 Å². The Labute approximate surface area is 170 Å². The topological polar surface area (TPSA) is 53.1 Å². The number of amides is 2. The third kappa shape index (κ3) is 5.91. The second kappa shape index (κ2) is 10.2. The van der Waals surface area contributed by atoms with E-state index in [0.717, 1.165) is 5.56 Å².